The summed E-state index contributed by atoms with van der Waals surface area (Å²) in [6.45, 7) is 1.76. The number of aromatic nitrogens is 3. The van der Waals surface area contributed by atoms with Crippen molar-refractivity contribution in [3.05, 3.63) is 46.9 Å². The minimum atomic E-state index is -1.10. The lowest BCUT2D eigenvalue weighted by Crippen LogP contribution is -2.24. The van der Waals surface area contributed by atoms with Gasteiger partial charge >= 0.3 is 6.09 Å². The Kier molecular flexibility index (Phi) is 4.07. The Morgan fingerprint density at radius 2 is 2.20 bits per heavy atom. The average Bonchev–Trinajstić information content (AvgIpc) is 3.00. The van der Waals surface area contributed by atoms with Crippen LogP contribution in [0.15, 0.2) is 24.4 Å². The molecular formula is C17H14FN5O2. The Bertz CT molecular complexity index is 999. The number of aryl methyl sites for hydroxylation is 1. The minimum absolute atomic E-state index is 0.0622. The van der Waals surface area contributed by atoms with Gasteiger partial charge in [-0.15, -0.1) is 0 Å². The first-order valence-electron chi connectivity index (χ1n) is 7.38. The molecule has 0 aliphatic carbocycles. The summed E-state index contributed by atoms with van der Waals surface area (Å²) in [7, 11) is 1.41. The van der Waals surface area contributed by atoms with Gasteiger partial charge in [0.25, 0.3) is 0 Å². The number of aromatic amines is 1. The third-order valence-electron chi connectivity index (χ3n) is 3.87. The van der Waals surface area contributed by atoms with Crippen LogP contribution in [0.2, 0.25) is 0 Å². The minimum Gasteiger partial charge on any atom is -0.465 e. The average molecular weight is 339 g/mol. The number of amides is 1. The number of H-pyrrole nitrogens is 1. The Morgan fingerprint density at radius 3 is 2.84 bits per heavy atom. The molecule has 0 aliphatic heterocycles. The molecular weight excluding hydrogens is 325 g/mol. The number of nitrogens with one attached hydrogen (secondary N) is 1. The number of hydrogen-bond acceptors (Lipinski definition) is 4. The first-order chi connectivity index (χ1) is 11.9. The lowest BCUT2D eigenvalue weighted by atomic mass is 9.98. The van der Waals surface area contributed by atoms with E-state index in [1.54, 1.807) is 19.1 Å². The maximum Gasteiger partial charge on any atom is 0.407 e. The molecule has 7 nitrogen and oxygen atoms in total. The molecule has 1 amide bonds. The number of halogens is 1. The Labute approximate surface area is 142 Å². The Morgan fingerprint density at radius 1 is 1.44 bits per heavy atom. The number of pyridine rings is 1. The van der Waals surface area contributed by atoms with Gasteiger partial charge in [0.1, 0.15) is 17.4 Å². The van der Waals surface area contributed by atoms with E-state index >= 15 is 0 Å². The molecule has 0 atom stereocenters. The van der Waals surface area contributed by atoms with E-state index in [4.69, 9.17) is 5.11 Å². The number of nitriles is 1. The van der Waals surface area contributed by atoms with E-state index in [1.807, 2.05) is 6.07 Å². The smallest absolute Gasteiger partial charge is 0.407 e. The lowest BCUT2D eigenvalue weighted by molar-refractivity contribution is 0.153. The maximum atomic E-state index is 14.8. The van der Waals surface area contributed by atoms with E-state index in [1.165, 1.54) is 19.3 Å². The van der Waals surface area contributed by atoms with Gasteiger partial charge in [0.05, 0.1) is 23.0 Å². The van der Waals surface area contributed by atoms with E-state index in [0.717, 1.165) is 4.90 Å². The van der Waals surface area contributed by atoms with E-state index in [9.17, 15) is 14.4 Å². The molecule has 0 saturated carbocycles. The topological polar surface area (TPSA) is 106 Å². The molecule has 0 saturated heterocycles. The molecule has 0 aliphatic rings. The molecule has 25 heavy (non-hydrogen) atoms. The lowest BCUT2D eigenvalue weighted by Gasteiger charge is -2.15. The van der Waals surface area contributed by atoms with Gasteiger partial charge in [0.2, 0.25) is 0 Å². The van der Waals surface area contributed by atoms with Crippen molar-refractivity contribution in [2.75, 3.05) is 7.05 Å². The second kappa shape index (κ2) is 6.20. The van der Waals surface area contributed by atoms with Crippen LogP contribution in [0.4, 0.5) is 9.18 Å². The molecule has 0 spiro atoms. The molecule has 2 heterocycles. The predicted octanol–water partition coefficient (Wildman–Crippen LogP) is 3.05. The van der Waals surface area contributed by atoms with Crippen molar-refractivity contribution in [3.8, 4) is 17.3 Å². The summed E-state index contributed by atoms with van der Waals surface area (Å²) in [5, 5.41) is 24.9. The van der Waals surface area contributed by atoms with Crippen molar-refractivity contribution in [2.45, 2.75) is 13.5 Å². The molecule has 3 aromatic rings. The number of rotatable bonds is 3. The van der Waals surface area contributed by atoms with E-state index in [-0.39, 0.29) is 23.4 Å². The zero-order chi connectivity index (χ0) is 18.1. The van der Waals surface area contributed by atoms with Gasteiger partial charge in [-0.2, -0.15) is 10.4 Å². The molecule has 8 heteroatoms. The fraction of sp³-hybridized carbons (Fsp3) is 0.176. The largest absolute Gasteiger partial charge is 0.465 e. The third kappa shape index (κ3) is 2.99. The number of carbonyl (C=O) groups is 1. The molecule has 1 aromatic carbocycles. The summed E-state index contributed by atoms with van der Waals surface area (Å²) >= 11 is 0. The van der Waals surface area contributed by atoms with Crippen molar-refractivity contribution < 1.29 is 14.3 Å². The van der Waals surface area contributed by atoms with Crippen LogP contribution in [0.25, 0.3) is 22.3 Å². The Balaban J connectivity index is 2.12. The Hall–Kier alpha value is -3.47. The van der Waals surface area contributed by atoms with E-state index < -0.39 is 11.9 Å². The number of benzene rings is 1. The fourth-order valence-corrected chi connectivity index (χ4v) is 2.70. The molecule has 0 radical (unpaired) electrons. The first-order valence-corrected chi connectivity index (χ1v) is 7.38. The van der Waals surface area contributed by atoms with Crippen LogP contribution < -0.4 is 0 Å². The summed E-state index contributed by atoms with van der Waals surface area (Å²) in [4.78, 5) is 16.3. The quantitative estimate of drug-likeness (QED) is 0.763. The van der Waals surface area contributed by atoms with Gasteiger partial charge < -0.3 is 10.0 Å². The standard InChI is InChI=1S/C17H14FN5O2/c1-9-3-10(8-23(2)17(24)25)4-12(18)15(9)16-11(6-19)5-13-14(21-16)7-20-22-13/h3-5,7H,8H2,1-2H3,(H,20,22)(H,24,25). The maximum absolute atomic E-state index is 14.8. The number of carboxylic acid groups (broad SMARTS) is 1. The van der Waals surface area contributed by atoms with Crippen LogP contribution in [0, 0.1) is 24.1 Å². The van der Waals surface area contributed by atoms with Crippen LogP contribution >= 0.6 is 0 Å². The highest BCUT2D eigenvalue weighted by atomic mass is 19.1. The van der Waals surface area contributed by atoms with Gasteiger partial charge in [-0.1, -0.05) is 6.07 Å². The first kappa shape index (κ1) is 16.4. The second-order valence-corrected chi connectivity index (χ2v) is 5.71. The fourth-order valence-electron chi connectivity index (χ4n) is 2.70. The van der Waals surface area contributed by atoms with Crippen LogP contribution in [-0.2, 0) is 6.54 Å². The molecule has 0 fully saturated rings. The third-order valence-corrected chi connectivity index (χ3v) is 3.87. The van der Waals surface area contributed by atoms with Gasteiger partial charge in [0, 0.05) is 19.2 Å². The summed E-state index contributed by atoms with van der Waals surface area (Å²) < 4.78 is 14.8. The second-order valence-electron chi connectivity index (χ2n) is 5.71. The predicted molar refractivity (Wildman–Crippen MR) is 88.2 cm³/mol. The van der Waals surface area contributed by atoms with Crippen molar-refractivity contribution in [1.82, 2.24) is 20.1 Å². The molecule has 0 bridgehead atoms. The number of nitrogens with zero attached hydrogens (tertiary/aromatic N) is 4. The van der Waals surface area contributed by atoms with Gasteiger partial charge in [0.15, 0.2) is 0 Å². The summed E-state index contributed by atoms with van der Waals surface area (Å²) in [6, 6.07) is 6.57. The summed E-state index contributed by atoms with van der Waals surface area (Å²) in [5.74, 6) is -0.555. The molecule has 3 rings (SSSR count). The molecule has 2 N–H and O–H groups in total. The molecule has 126 valence electrons. The molecule has 0 unspecified atom stereocenters. The van der Waals surface area contributed by atoms with Crippen LogP contribution in [0.5, 0.6) is 0 Å². The summed E-state index contributed by atoms with van der Waals surface area (Å²) in [6.07, 6.45) is 0.407. The number of hydrogen-bond donors (Lipinski definition) is 2. The monoisotopic (exact) mass is 339 g/mol. The highest BCUT2D eigenvalue weighted by Crippen LogP contribution is 2.30. The van der Waals surface area contributed by atoms with Crippen molar-refractivity contribution in [2.24, 2.45) is 0 Å². The SMILES string of the molecule is Cc1cc(CN(C)C(=O)O)cc(F)c1-c1nc2cn[nH]c2cc1C#N. The number of fused-ring (bicyclic) bond motifs is 1. The van der Waals surface area contributed by atoms with E-state index in [2.05, 4.69) is 15.2 Å². The van der Waals surface area contributed by atoms with E-state index in [0.29, 0.717) is 22.2 Å². The van der Waals surface area contributed by atoms with Crippen LogP contribution in [0.1, 0.15) is 16.7 Å². The van der Waals surface area contributed by atoms with Crippen LogP contribution in [-0.4, -0.2) is 38.3 Å². The van der Waals surface area contributed by atoms with Gasteiger partial charge in [-0.05, 0) is 30.2 Å². The van der Waals surface area contributed by atoms with Gasteiger partial charge in [-0.25, -0.2) is 14.2 Å². The zero-order valence-corrected chi connectivity index (χ0v) is 13.5. The van der Waals surface area contributed by atoms with Crippen molar-refractivity contribution in [3.63, 3.8) is 0 Å². The normalized spacial score (nSPS) is 10.6. The van der Waals surface area contributed by atoms with Crippen molar-refractivity contribution >= 4 is 17.1 Å². The summed E-state index contributed by atoms with van der Waals surface area (Å²) in [5.41, 5.74) is 2.91. The van der Waals surface area contributed by atoms with Crippen LogP contribution in [0.3, 0.4) is 0 Å². The highest BCUT2D eigenvalue weighted by molar-refractivity contribution is 5.82. The van der Waals surface area contributed by atoms with Gasteiger partial charge in [-0.3, -0.25) is 5.10 Å². The zero-order valence-electron chi connectivity index (χ0n) is 13.5. The molecule has 2 aromatic heterocycles. The van der Waals surface area contributed by atoms with Crippen molar-refractivity contribution in [1.29, 1.82) is 5.26 Å². The highest BCUT2D eigenvalue weighted by Gasteiger charge is 2.18.